The minimum Gasteiger partial charge on any atom is -0.395 e. The van der Waals surface area contributed by atoms with Crippen LogP contribution in [0, 0.1) is 11.6 Å². The molecule has 0 heterocycles. The quantitative estimate of drug-likeness (QED) is 0.774. The van der Waals surface area contributed by atoms with Crippen molar-refractivity contribution in [2.24, 2.45) is 0 Å². The molecular weight excluding hydrogens is 252 g/mol. The standard InChI is InChI=1S/C14H19F2NO2/c1-2-3-4-8-17(9-10-18)14(19)13-11(15)6-5-7-12(13)16/h5-7,18H,2-4,8-10H2,1H3. The molecule has 1 amide bonds. The van der Waals surface area contributed by atoms with Crippen molar-refractivity contribution in [3.05, 3.63) is 35.4 Å². The van der Waals surface area contributed by atoms with Crippen LogP contribution in [0.1, 0.15) is 36.5 Å². The fraction of sp³-hybridized carbons (Fsp3) is 0.500. The summed E-state index contributed by atoms with van der Waals surface area (Å²) in [5, 5.41) is 8.95. The summed E-state index contributed by atoms with van der Waals surface area (Å²) in [4.78, 5) is 13.4. The zero-order chi connectivity index (χ0) is 14.3. The average molecular weight is 271 g/mol. The molecule has 0 radical (unpaired) electrons. The van der Waals surface area contributed by atoms with Crippen LogP contribution in [0.5, 0.6) is 0 Å². The Morgan fingerprint density at radius 3 is 2.37 bits per heavy atom. The Bertz CT molecular complexity index is 404. The third kappa shape index (κ3) is 4.28. The van der Waals surface area contributed by atoms with Crippen molar-refractivity contribution in [1.82, 2.24) is 4.90 Å². The Morgan fingerprint density at radius 1 is 1.21 bits per heavy atom. The molecule has 0 spiro atoms. The van der Waals surface area contributed by atoms with Gasteiger partial charge in [-0.05, 0) is 18.6 Å². The molecule has 0 unspecified atom stereocenters. The molecule has 106 valence electrons. The van der Waals surface area contributed by atoms with Crippen LogP contribution in [0.2, 0.25) is 0 Å². The van der Waals surface area contributed by atoms with Crippen LogP contribution in [-0.4, -0.2) is 35.6 Å². The van der Waals surface area contributed by atoms with E-state index in [0.717, 1.165) is 31.4 Å². The van der Waals surface area contributed by atoms with E-state index in [2.05, 4.69) is 0 Å². The second kappa shape index (κ2) is 7.84. The van der Waals surface area contributed by atoms with Crippen LogP contribution in [0.15, 0.2) is 18.2 Å². The first kappa shape index (κ1) is 15.6. The summed E-state index contributed by atoms with van der Waals surface area (Å²) in [6, 6.07) is 3.33. The molecule has 0 aliphatic heterocycles. The summed E-state index contributed by atoms with van der Waals surface area (Å²) in [5.74, 6) is -2.45. The zero-order valence-corrected chi connectivity index (χ0v) is 11.0. The average Bonchev–Trinajstić information content (AvgIpc) is 2.37. The number of carbonyl (C=O) groups is 1. The molecule has 0 aliphatic carbocycles. The number of nitrogens with zero attached hydrogens (tertiary/aromatic N) is 1. The molecule has 0 atom stereocenters. The third-order valence-corrected chi connectivity index (χ3v) is 2.87. The highest BCUT2D eigenvalue weighted by Gasteiger charge is 2.22. The van der Waals surface area contributed by atoms with Gasteiger partial charge in [0.2, 0.25) is 0 Å². The number of amides is 1. The molecule has 0 bridgehead atoms. The van der Waals surface area contributed by atoms with Gasteiger partial charge in [-0.1, -0.05) is 25.8 Å². The van der Waals surface area contributed by atoms with Gasteiger partial charge in [0.25, 0.3) is 5.91 Å². The van der Waals surface area contributed by atoms with Gasteiger partial charge in [0, 0.05) is 13.1 Å². The molecule has 0 fully saturated rings. The van der Waals surface area contributed by atoms with Gasteiger partial charge in [0.1, 0.15) is 17.2 Å². The fourth-order valence-corrected chi connectivity index (χ4v) is 1.85. The van der Waals surface area contributed by atoms with Gasteiger partial charge < -0.3 is 10.0 Å². The molecule has 1 rings (SSSR count). The van der Waals surface area contributed by atoms with Gasteiger partial charge in [0.05, 0.1) is 6.61 Å². The maximum absolute atomic E-state index is 13.5. The Hall–Kier alpha value is -1.49. The van der Waals surface area contributed by atoms with Gasteiger partial charge in [-0.2, -0.15) is 0 Å². The predicted molar refractivity (Wildman–Crippen MR) is 68.9 cm³/mol. The molecule has 1 aromatic carbocycles. The highest BCUT2D eigenvalue weighted by atomic mass is 19.1. The molecule has 0 aromatic heterocycles. The van der Waals surface area contributed by atoms with Crippen molar-refractivity contribution in [1.29, 1.82) is 0 Å². The minimum atomic E-state index is -0.872. The van der Waals surface area contributed by atoms with E-state index in [1.807, 2.05) is 6.92 Å². The summed E-state index contributed by atoms with van der Waals surface area (Å²) in [6.07, 6.45) is 2.66. The summed E-state index contributed by atoms with van der Waals surface area (Å²) in [5.41, 5.74) is -0.549. The Balaban J connectivity index is 2.86. The largest absolute Gasteiger partial charge is 0.395 e. The minimum absolute atomic E-state index is 0.0797. The van der Waals surface area contributed by atoms with Gasteiger partial charge in [-0.25, -0.2) is 8.78 Å². The molecular formula is C14H19F2NO2. The lowest BCUT2D eigenvalue weighted by atomic mass is 10.1. The van der Waals surface area contributed by atoms with E-state index in [-0.39, 0.29) is 13.2 Å². The van der Waals surface area contributed by atoms with E-state index in [0.29, 0.717) is 6.54 Å². The lowest BCUT2D eigenvalue weighted by Gasteiger charge is -2.22. The molecule has 5 heteroatoms. The number of aliphatic hydroxyl groups excluding tert-OH is 1. The molecule has 0 saturated heterocycles. The number of hydrogen-bond donors (Lipinski definition) is 1. The number of benzene rings is 1. The number of carbonyl (C=O) groups excluding carboxylic acids is 1. The van der Waals surface area contributed by atoms with Gasteiger partial charge in [-0.15, -0.1) is 0 Å². The molecule has 1 aromatic rings. The topological polar surface area (TPSA) is 40.5 Å². The van der Waals surface area contributed by atoms with E-state index in [9.17, 15) is 13.6 Å². The normalized spacial score (nSPS) is 10.5. The molecule has 0 aliphatic rings. The van der Waals surface area contributed by atoms with Gasteiger partial charge in [-0.3, -0.25) is 4.79 Å². The molecule has 1 N–H and O–H groups in total. The van der Waals surface area contributed by atoms with Crippen molar-refractivity contribution >= 4 is 5.91 Å². The number of unbranched alkanes of at least 4 members (excludes halogenated alkanes) is 2. The van der Waals surface area contributed by atoms with Crippen LogP contribution < -0.4 is 0 Å². The predicted octanol–water partition coefficient (Wildman–Crippen LogP) is 2.59. The summed E-state index contributed by atoms with van der Waals surface area (Å²) in [6.45, 7) is 2.26. The highest BCUT2D eigenvalue weighted by molar-refractivity contribution is 5.94. The summed E-state index contributed by atoms with van der Waals surface area (Å²) in [7, 11) is 0. The number of hydrogen-bond acceptors (Lipinski definition) is 2. The van der Waals surface area contributed by atoms with E-state index < -0.39 is 23.1 Å². The van der Waals surface area contributed by atoms with Crippen LogP contribution in [0.4, 0.5) is 8.78 Å². The Morgan fingerprint density at radius 2 is 1.84 bits per heavy atom. The van der Waals surface area contributed by atoms with Crippen molar-refractivity contribution < 1.29 is 18.7 Å². The van der Waals surface area contributed by atoms with Gasteiger partial charge >= 0.3 is 0 Å². The lowest BCUT2D eigenvalue weighted by Crippen LogP contribution is -2.35. The molecule has 3 nitrogen and oxygen atoms in total. The Labute approximate surface area is 111 Å². The number of rotatable bonds is 7. The van der Waals surface area contributed by atoms with Crippen LogP contribution in [0.3, 0.4) is 0 Å². The van der Waals surface area contributed by atoms with Crippen molar-refractivity contribution in [3.8, 4) is 0 Å². The lowest BCUT2D eigenvalue weighted by molar-refractivity contribution is 0.0709. The fourth-order valence-electron chi connectivity index (χ4n) is 1.85. The van der Waals surface area contributed by atoms with Gasteiger partial charge in [0.15, 0.2) is 0 Å². The maximum atomic E-state index is 13.5. The van der Waals surface area contributed by atoms with E-state index >= 15 is 0 Å². The van der Waals surface area contributed by atoms with Crippen LogP contribution in [-0.2, 0) is 0 Å². The SMILES string of the molecule is CCCCCN(CCO)C(=O)c1c(F)cccc1F. The smallest absolute Gasteiger partial charge is 0.259 e. The zero-order valence-electron chi connectivity index (χ0n) is 11.0. The second-order valence-corrected chi connectivity index (χ2v) is 4.32. The first-order valence-corrected chi connectivity index (χ1v) is 6.46. The highest BCUT2D eigenvalue weighted by Crippen LogP contribution is 2.15. The second-order valence-electron chi connectivity index (χ2n) is 4.32. The van der Waals surface area contributed by atoms with E-state index in [1.54, 1.807) is 0 Å². The van der Waals surface area contributed by atoms with Crippen LogP contribution >= 0.6 is 0 Å². The van der Waals surface area contributed by atoms with Crippen molar-refractivity contribution in [2.45, 2.75) is 26.2 Å². The summed E-state index contributed by atoms with van der Waals surface area (Å²) >= 11 is 0. The monoisotopic (exact) mass is 271 g/mol. The van der Waals surface area contributed by atoms with Crippen LogP contribution in [0.25, 0.3) is 0 Å². The van der Waals surface area contributed by atoms with E-state index in [1.165, 1.54) is 11.0 Å². The first-order valence-electron chi connectivity index (χ1n) is 6.46. The number of aliphatic hydroxyl groups is 1. The maximum Gasteiger partial charge on any atom is 0.259 e. The third-order valence-electron chi connectivity index (χ3n) is 2.87. The first-order chi connectivity index (χ1) is 9.11. The Kier molecular flexibility index (Phi) is 6.42. The summed E-state index contributed by atoms with van der Waals surface area (Å²) < 4.78 is 27.1. The molecule has 0 saturated carbocycles. The number of halogens is 2. The molecule has 19 heavy (non-hydrogen) atoms. The van der Waals surface area contributed by atoms with Crippen molar-refractivity contribution in [3.63, 3.8) is 0 Å². The van der Waals surface area contributed by atoms with E-state index in [4.69, 9.17) is 5.11 Å². The van der Waals surface area contributed by atoms with Crippen molar-refractivity contribution in [2.75, 3.05) is 19.7 Å².